The second-order valence-electron chi connectivity index (χ2n) is 12.4. The number of rotatable bonds is 8. The second kappa shape index (κ2) is 14.3. The van der Waals surface area contributed by atoms with Gasteiger partial charge in [0.2, 0.25) is 0 Å². The van der Waals surface area contributed by atoms with E-state index in [9.17, 15) is 0 Å². The Balaban J connectivity index is 1.39. The molecule has 0 aliphatic rings. The molecule has 6 aromatic carbocycles. The van der Waals surface area contributed by atoms with E-state index in [0.717, 1.165) is 67.2 Å². The van der Waals surface area contributed by atoms with Crippen LogP contribution in [0.25, 0.3) is 22.1 Å². The third-order valence-electron chi connectivity index (χ3n) is 8.95. The van der Waals surface area contributed by atoms with Crippen LogP contribution in [-0.4, -0.2) is 31.0 Å². The summed E-state index contributed by atoms with van der Waals surface area (Å²) < 4.78 is 3.72. The van der Waals surface area contributed by atoms with Crippen LogP contribution in [0.4, 0.5) is 11.4 Å². The summed E-state index contributed by atoms with van der Waals surface area (Å²) in [7, 11) is 0. The number of fused-ring (bicyclic) bond motifs is 1. The van der Waals surface area contributed by atoms with Gasteiger partial charge in [-0.2, -0.15) is 10.2 Å². The summed E-state index contributed by atoms with van der Waals surface area (Å²) in [5, 5.41) is 13.4. The highest BCUT2D eigenvalue weighted by Crippen LogP contribution is 2.37. The average Bonchev–Trinajstić information content (AvgIpc) is 3.66. The topological polar surface area (TPSA) is 60.4 Å². The van der Waals surface area contributed by atoms with E-state index in [-0.39, 0.29) is 0 Å². The highest BCUT2D eigenvalue weighted by molar-refractivity contribution is 7.80. The third kappa shape index (κ3) is 6.38. The summed E-state index contributed by atoms with van der Waals surface area (Å²) in [5.74, 6) is 0. The van der Waals surface area contributed by atoms with E-state index in [0.29, 0.717) is 21.4 Å². The first kappa shape index (κ1) is 33.2. The van der Waals surface area contributed by atoms with Gasteiger partial charge in [-0.15, -0.1) is 25.3 Å². The van der Waals surface area contributed by atoms with E-state index in [1.807, 2.05) is 132 Å². The van der Waals surface area contributed by atoms with Gasteiger partial charge in [-0.1, -0.05) is 121 Å². The Morgan fingerprint density at radius 1 is 0.462 bits per heavy atom. The van der Waals surface area contributed by atoms with Crippen molar-refractivity contribution in [2.45, 2.75) is 23.9 Å². The van der Waals surface area contributed by atoms with E-state index >= 15 is 0 Å². The summed E-state index contributed by atoms with van der Waals surface area (Å²) in [6, 6.07) is 52.9. The zero-order valence-corrected chi connectivity index (χ0v) is 30.4. The first-order chi connectivity index (χ1) is 25.5. The summed E-state index contributed by atoms with van der Waals surface area (Å²) >= 11 is 10.1. The Hall–Kier alpha value is -5.96. The van der Waals surface area contributed by atoms with Crippen molar-refractivity contribution in [1.29, 1.82) is 0 Å². The van der Waals surface area contributed by atoms with Crippen molar-refractivity contribution >= 4 is 58.8 Å². The lowest BCUT2D eigenvalue weighted by molar-refractivity contribution is 0.796. The number of aryl methyl sites for hydroxylation is 2. The molecule has 252 valence electrons. The van der Waals surface area contributed by atoms with E-state index in [2.05, 4.69) is 48.5 Å². The molecule has 0 unspecified atom stereocenters. The maximum atomic E-state index is 5.48. The van der Waals surface area contributed by atoms with E-state index in [1.165, 1.54) is 0 Å². The SMILES string of the molecule is Cc1nn(-c2ccccc2)c(S)c1C(=Nc1cc2ccccc2cc1N=C(c1ccccc1)c1c(C)nn(-c2ccccc2)c1S)c1ccccc1. The molecule has 0 amide bonds. The van der Waals surface area contributed by atoms with Gasteiger partial charge in [-0.05, 0) is 61.0 Å². The smallest absolute Gasteiger partial charge is 0.107 e. The predicted octanol–water partition coefficient (Wildman–Crippen LogP) is 10.7. The van der Waals surface area contributed by atoms with Gasteiger partial charge in [0.1, 0.15) is 10.1 Å². The number of para-hydroxylation sites is 2. The molecule has 2 heterocycles. The van der Waals surface area contributed by atoms with Gasteiger partial charge in [-0.3, -0.25) is 0 Å². The number of nitrogens with zero attached hydrogens (tertiary/aromatic N) is 6. The van der Waals surface area contributed by atoms with Crippen molar-refractivity contribution in [3.05, 3.63) is 191 Å². The molecule has 0 aliphatic carbocycles. The van der Waals surface area contributed by atoms with Crippen LogP contribution in [0.2, 0.25) is 0 Å². The Kier molecular flexibility index (Phi) is 9.16. The minimum absolute atomic E-state index is 0.700. The van der Waals surface area contributed by atoms with Gasteiger partial charge < -0.3 is 0 Å². The first-order valence-electron chi connectivity index (χ1n) is 17.0. The minimum Gasteiger partial charge on any atom is -0.245 e. The first-order valence-corrected chi connectivity index (χ1v) is 17.9. The summed E-state index contributed by atoms with van der Waals surface area (Å²) in [4.78, 5) is 11.0. The van der Waals surface area contributed by atoms with Crippen molar-refractivity contribution < 1.29 is 0 Å². The van der Waals surface area contributed by atoms with Crippen molar-refractivity contribution in [2.24, 2.45) is 9.98 Å². The van der Waals surface area contributed by atoms with Crippen LogP contribution in [0.15, 0.2) is 178 Å². The molecule has 0 atom stereocenters. The molecule has 0 fully saturated rings. The van der Waals surface area contributed by atoms with E-state index in [1.54, 1.807) is 0 Å². The molecule has 2 aromatic heterocycles. The molecule has 0 saturated carbocycles. The number of aliphatic imine (C=N–C) groups is 2. The van der Waals surface area contributed by atoms with E-state index < -0.39 is 0 Å². The molecule has 8 aromatic rings. The molecular weight excluding hydrogens is 677 g/mol. The van der Waals surface area contributed by atoms with Crippen LogP contribution >= 0.6 is 25.3 Å². The fraction of sp³-hybridized carbons (Fsp3) is 0.0455. The highest BCUT2D eigenvalue weighted by atomic mass is 32.1. The predicted molar refractivity (Wildman–Crippen MR) is 219 cm³/mol. The Morgan fingerprint density at radius 2 is 0.788 bits per heavy atom. The molecule has 8 rings (SSSR count). The van der Waals surface area contributed by atoms with Crippen LogP contribution in [0.5, 0.6) is 0 Å². The molecular formula is C44H34N6S2. The maximum Gasteiger partial charge on any atom is 0.107 e. The zero-order chi connectivity index (χ0) is 35.6. The lowest BCUT2D eigenvalue weighted by Gasteiger charge is -2.13. The van der Waals surface area contributed by atoms with Crippen molar-refractivity contribution in [3.63, 3.8) is 0 Å². The van der Waals surface area contributed by atoms with Crippen LogP contribution in [0.1, 0.15) is 33.6 Å². The fourth-order valence-electron chi connectivity index (χ4n) is 6.44. The molecule has 0 radical (unpaired) electrons. The molecule has 8 heteroatoms. The maximum absolute atomic E-state index is 5.48. The van der Waals surface area contributed by atoms with Crippen molar-refractivity contribution in [1.82, 2.24) is 19.6 Å². The fourth-order valence-corrected chi connectivity index (χ4v) is 7.30. The molecule has 6 nitrogen and oxygen atoms in total. The molecule has 0 N–H and O–H groups in total. The van der Waals surface area contributed by atoms with Crippen LogP contribution in [-0.2, 0) is 0 Å². The van der Waals surface area contributed by atoms with Gasteiger partial charge in [0.05, 0.1) is 56.7 Å². The summed E-state index contributed by atoms with van der Waals surface area (Å²) in [6.45, 7) is 4.00. The normalized spacial score (nSPS) is 12.1. The van der Waals surface area contributed by atoms with Gasteiger partial charge in [0, 0.05) is 11.1 Å². The van der Waals surface area contributed by atoms with Gasteiger partial charge >= 0.3 is 0 Å². The number of benzene rings is 6. The standard InChI is InChI=1S/C44H34N6S2/c1-29-39(43(51)49(47-29)35-23-11-5-12-24-35)41(31-17-7-3-8-18-31)45-37-27-33-21-15-16-22-34(33)28-38(37)46-42(32-19-9-4-10-20-32)40-30(2)48-50(44(40)52)36-25-13-6-14-26-36/h3-28,51-52H,1-2H3. The van der Waals surface area contributed by atoms with Gasteiger partial charge in [-0.25, -0.2) is 19.3 Å². The summed E-state index contributed by atoms with van der Waals surface area (Å²) in [6.07, 6.45) is 0. The van der Waals surface area contributed by atoms with Gasteiger partial charge in [0.15, 0.2) is 0 Å². The largest absolute Gasteiger partial charge is 0.245 e. The Bertz CT molecular complexity index is 2410. The quantitative estimate of drug-likeness (QED) is 0.122. The van der Waals surface area contributed by atoms with Crippen molar-refractivity contribution in [2.75, 3.05) is 0 Å². The number of hydrogen-bond donors (Lipinski definition) is 2. The number of thiol groups is 2. The van der Waals surface area contributed by atoms with Gasteiger partial charge in [0.25, 0.3) is 0 Å². The van der Waals surface area contributed by atoms with E-state index in [4.69, 9.17) is 45.4 Å². The van der Waals surface area contributed by atoms with Crippen LogP contribution in [0.3, 0.4) is 0 Å². The monoisotopic (exact) mass is 710 g/mol. The number of hydrogen-bond acceptors (Lipinski definition) is 6. The third-order valence-corrected chi connectivity index (χ3v) is 9.78. The molecule has 0 aliphatic heterocycles. The lowest BCUT2D eigenvalue weighted by atomic mass is 10.0. The second-order valence-corrected chi connectivity index (χ2v) is 13.3. The molecule has 0 saturated heterocycles. The Morgan fingerprint density at radius 3 is 1.15 bits per heavy atom. The molecule has 0 spiro atoms. The zero-order valence-electron chi connectivity index (χ0n) is 28.6. The van der Waals surface area contributed by atoms with Crippen LogP contribution in [0, 0.1) is 13.8 Å². The van der Waals surface area contributed by atoms with Crippen LogP contribution < -0.4 is 0 Å². The van der Waals surface area contributed by atoms with Crippen molar-refractivity contribution in [3.8, 4) is 11.4 Å². The highest BCUT2D eigenvalue weighted by Gasteiger charge is 2.23. The number of aromatic nitrogens is 4. The minimum atomic E-state index is 0.700. The molecule has 52 heavy (non-hydrogen) atoms. The average molecular weight is 711 g/mol. The Labute approximate surface area is 313 Å². The molecule has 0 bridgehead atoms. The lowest BCUT2D eigenvalue weighted by Crippen LogP contribution is -2.06. The summed E-state index contributed by atoms with van der Waals surface area (Å²) in [5.41, 5.74) is 9.98.